The second-order valence-electron chi connectivity index (χ2n) is 1.02. The number of aromatic nitrogens is 3. The zero-order chi connectivity index (χ0) is 5.28. The largest absolute Gasteiger partial charge is 0.306 e. The number of nitrogens with two attached hydrogens (primary N) is 1. The molecule has 4 nitrogen and oxygen atoms in total. The Morgan fingerprint density at radius 1 is 1.86 bits per heavy atom. The van der Waals surface area contributed by atoms with E-state index in [9.17, 15) is 0 Å². The van der Waals surface area contributed by atoms with Gasteiger partial charge in [-0.2, -0.15) is 0 Å². The highest BCUT2D eigenvalue weighted by atomic mass is 32.1. The lowest BCUT2D eigenvalue weighted by molar-refractivity contribution is 0.693. The van der Waals surface area contributed by atoms with E-state index >= 15 is 0 Å². The molecule has 0 bridgehead atoms. The molecule has 7 heavy (non-hydrogen) atoms. The monoisotopic (exact) mass is 116 g/mol. The van der Waals surface area contributed by atoms with Gasteiger partial charge in [0, 0.05) is 0 Å². The van der Waals surface area contributed by atoms with Crippen LogP contribution in [0.1, 0.15) is 0 Å². The van der Waals surface area contributed by atoms with Gasteiger partial charge in [-0.05, 0) is 0 Å². The lowest BCUT2D eigenvalue weighted by Crippen LogP contribution is -2.11. The molecule has 0 saturated heterocycles. The maximum Gasteiger partial charge on any atom is 0.138 e. The Kier molecular flexibility index (Phi) is 0.900. The van der Waals surface area contributed by atoms with Crippen molar-refractivity contribution in [3.8, 4) is 0 Å². The van der Waals surface area contributed by atoms with Gasteiger partial charge in [-0.15, -0.1) is 22.8 Å². The summed E-state index contributed by atoms with van der Waals surface area (Å²) in [5.41, 5.74) is 0. The quantitative estimate of drug-likeness (QED) is 0.347. The number of nitrogens with zero attached hydrogens (tertiary/aromatic N) is 3. The molecule has 0 aliphatic heterocycles. The highest BCUT2D eigenvalue weighted by Crippen LogP contribution is 1.91. The number of thiol groups is 1. The highest BCUT2D eigenvalue weighted by molar-refractivity contribution is 7.80. The van der Waals surface area contributed by atoms with Crippen molar-refractivity contribution in [2.45, 2.75) is 5.03 Å². The van der Waals surface area contributed by atoms with Gasteiger partial charge in [0.25, 0.3) is 0 Å². The molecule has 0 unspecified atom stereocenters. The van der Waals surface area contributed by atoms with Crippen molar-refractivity contribution in [2.75, 3.05) is 5.84 Å². The van der Waals surface area contributed by atoms with Gasteiger partial charge in [-0.1, -0.05) is 4.91 Å². The van der Waals surface area contributed by atoms with Gasteiger partial charge in [0.15, 0.2) is 0 Å². The third kappa shape index (κ3) is 0.833. The lowest BCUT2D eigenvalue weighted by Gasteiger charge is -1.77. The minimum absolute atomic E-state index is 0.530. The van der Waals surface area contributed by atoms with Crippen molar-refractivity contribution in [2.24, 2.45) is 0 Å². The number of hydrogen-bond donors (Lipinski definition) is 2. The van der Waals surface area contributed by atoms with E-state index in [0.29, 0.717) is 5.03 Å². The summed E-state index contributed by atoms with van der Waals surface area (Å²) < 4.78 is 0. The molecule has 0 aliphatic rings. The molecule has 0 amide bonds. The van der Waals surface area contributed by atoms with Crippen LogP contribution in [0.3, 0.4) is 0 Å². The van der Waals surface area contributed by atoms with Crippen molar-refractivity contribution in [1.29, 1.82) is 0 Å². The van der Waals surface area contributed by atoms with Gasteiger partial charge < -0.3 is 5.84 Å². The van der Waals surface area contributed by atoms with Gasteiger partial charge in [0.2, 0.25) is 0 Å². The predicted molar refractivity (Wildman–Crippen MR) is 27.4 cm³/mol. The van der Waals surface area contributed by atoms with Crippen molar-refractivity contribution < 1.29 is 0 Å². The van der Waals surface area contributed by atoms with E-state index in [4.69, 9.17) is 5.84 Å². The first-order valence-electron chi connectivity index (χ1n) is 1.65. The van der Waals surface area contributed by atoms with Crippen LogP contribution in [0.25, 0.3) is 0 Å². The normalized spacial score (nSPS) is 9.29. The maximum atomic E-state index is 5.02. The van der Waals surface area contributed by atoms with E-state index < -0.39 is 0 Å². The summed E-state index contributed by atoms with van der Waals surface area (Å²) in [4.78, 5) is 0.961. The third-order valence-electron chi connectivity index (χ3n) is 0.496. The minimum Gasteiger partial charge on any atom is -0.306 e. The van der Waals surface area contributed by atoms with E-state index in [-0.39, 0.29) is 0 Å². The summed E-state index contributed by atoms with van der Waals surface area (Å²) in [6.45, 7) is 0. The van der Waals surface area contributed by atoms with Crippen LogP contribution in [0, 0.1) is 0 Å². The number of hydrogen-bond acceptors (Lipinski definition) is 4. The highest BCUT2D eigenvalue weighted by Gasteiger charge is 1.85. The summed E-state index contributed by atoms with van der Waals surface area (Å²) >= 11 is 3.83. The average Bonchev–Trinajstić information content (AvgIpc) is 1.87. The molecule has 2 N–H and O–H groups in total. The molecule has 0 fully saturated rings. The number of rotatable bonds is 0. The van der Waals surface area contributed by atoms with Crippen LogP contribution in [0.5, 0.6) is 0 Å². The standard InChI is InChI=1S/C2H4N4S/c3-6-4-1-2(7)5-6/h1H,3H2,(H,5,7). The van der Waals surface area contributed by atoms with Crippen LogP contribution < -0.4 is 5.84 Å². The van der Waals surface area contributed by atoms with Gasteiger partial charge in [0.05, 0.1) is 6.20 Å². The predicted octanol–water partition coefficient (Wildman–Crippen LogP) is -0.719. The Balaban J connectivity index is 3.04. The van der Waals surface area contributed by atoms with Crippen LogP contribution in [0.15, 0.2) is 11.2 Å². The molecular formula is C2H4N4S. The molecule has 38 valence electrons. The first kappa shape index (κ1) is 4.45. The van der Waals surface area contributed by atoms with Crippen LogP contribution in [0.2, 0.25) is 0 Å². The smallest absolute Gasteiger partial charge is 0.138 e. The number of nitrogen functional groups attached to an aromatic ring is 1. The second-order valence-corrected chi connectivity index (χ2v) is 1.48. The molecule has 0 saturated carbocycles. The molecule has 5 heteroatoms. The SMILES string of the molecule is Nn1ncc(S)n1. The van der Waals surface area contributed by atoms with Crippen molar-refractivity contribution in [3.05, 3.63) is 6.20 Å². The molecule has 0 radical (unpaired) electrons. The summed E-state index contributed by atoms with van der Waals surface area (Å²) in [6, 6.07) is 0. The Hall–Kier alpha value is -0.710. The molecule has 1 aromatic rings. The van der Waals surface area contributed by atoms with Gasteiger partial charge in [0.1, 0.15) is 5.03 Å². The van der Waals surface area contributed by atoms with Crippen LogP contribution in [-0.2, 0) is 0 Å². The first-order chi connectivity index (χ1) is 3.29. The molecule has 0 aromatic carbocycles. The Morgan fingerprint density at radius 2 is 2.57 bits per heavy atom. The van der Waals surface area contributed by atoms with Crippen LogP contribution in [0.4, 0.5) is 0 Å². The topological polar surface area (TPSA) is 56.7 Å². The van der Waals surface area contributed by atoms with Gasteiger partial charge in [-0.25, -0.2) is 0 Å². The van der Waals surface area contributed by atoms with E-state index in [0.717, 1.165) is 4.91 Å². The maximum absolute atomic E-state index is 5.02. The first-order valence-corrected chi connectivity index (χ1v) is 2.10. The molecular weight excluding hydrogens is 112 g/mol. The Bertz CT molecular complexity index is 142. The Morgan fingerprint density at radius 3 is 2.71 bits per heavy atom. The summed E-state index contributed by atoms with van der Waals surface area (Å²) in [7, 11) is 0. The molecule has 0 spiro atoms. The molecule has 1 rings (SSSR count). The van der Waals surface area contributed by atoms with Crippen LogP contribution >= 0.6 is 12.6 Å². The molecule has 0 atom stereocenters. The van der Waals surface area contributed by atoms with E-state index in [1.807, 2.05) is 0 Å². The van der Waals surface area contributed by atoms with E-state index in [1.165, 1.54) is 6.20 Å². The van der Waals surface area contributed by atoms with Gasteiger partial charge >= 0.3 is 0 Å². The van der Waals surface area contributed by atoms with Gasteiger partial charge in [-0.3, -0.25) is 0 Å². The zero-order valence-electron chi connectivity index (χ0n) is 3.44. The van der Waals surface area contributed by atoms with E-state index in [2.05, 4.69) is 22.8 Å². The molecule has 1 heterocycles. The van der Waals surface area contributed by atoms with Crippen molar-refractivity contribution in [1.82, 2.24) is 15.1 Å². The fourth-order valence-electron chi connectivity index (χ4n) is 0.267. The average molecular weight is 116 g/mol. The van der Waals surface area contributed by atoms with Crippen molar-refractivity contribution >= 4 is 12.6 Å². The third-order valence-corrected chi connectivity index (χ3v) is 0.701. The van der Waals surface area contributed by atoms with Crippen LogP contribution in [-0.4, -0.2) is 15.1 Å². The van der Waals surface area contributed by atoms with Crippen molar-refractivity contribution in [3.63, 3.8) is 0 Å². The summed E-state index contributed by atoms with van der Waals surface area (Å²) in [5.74, 6) is 5.02. The van der Waals surface area contributed by atoms with E-state index in [1.54, 1.807) is 0 Å². The second kappa shape index (κ2) is 1.42. The zero-order valence-corrected chi connectivity index (χ0v) is 4.34. The Labute approximate surface area is 45.7 Å². The fraction of sp³-hybridized carbons (Fsp3) is 0. The summed E-state index contributed by atoms with van der Waals surface area (Å²) in [6.07, 6.45) is 1.46. The summed E-state index contributed by atoms with van der Waals surface area (Å²) in [5, 5.41) is 7.61. The molecule has 0 aliphatic carbocycles. The minimum atomic E-state index is 0.530. The fourth-order valence-corrected chi connectivity index (χ4v) is 0.411. The molecule has 1 aromatic heterocycles. The lowest BCUT2D eigenvalue weighted by atomic mass is 11.0.